The van der Waals surface area contributed by atoms with Gasteiger partial charge in [-0.1, -0.05) is 212 Å². The van der Waals surface area contributed by atoms with E-state index in [1.807, 2.05) is 0 Å². The van der Waals surface area contributed by atoms with E-state index in [9.17, 15) is 14.7 Å². The van der Waals surface area contributed by atoms with Crippen LogP contribution in [0.15, 0.2) is 122 Å². The number of rotatable bonds is 44. The van der Waals surface area contributed by atoms with Crippen molar-refractivity contribution in [3.63, 3.8) is 0 Å². The van der Waals surface area contributed by atoms with Gasteiger partial charge < -0.3 is 14.6 Å². The molecule has 0 radical (unpaired) electrons. The fourth-order valence-electron chi connectivity index (χ4n) is 6.55. The van der Waals surface area contributed by atoms with Gasteiger partial charge in [-0.25, -0.2) is 0 Å². The summed E-state index contributed by atoms with van der Waals surface area (Å²) < 4.78 is 10.6. The van der Waals surface area contributed by atoms with Gasteiger partial charge in [0, 0.05) is 12.8 Å². The van der Waals surface area contributed by atoms with Crippen molar-refractivity contribution in [1.82, 2.24) is 0 Å². The van der Waals surface area contributed by atoms with Gasteiger partial charge in [-0.3, -0.25) is 9.59 Å². The predicted octanol–water partition coefficient (Wildman–Crippen LogP) is 16.7. The Labute approximate surface area is 382 Å². The lowest BCUT2D eigenvalue weighted by molar-refractivity contribution is -0.161. The SMILES string of the molecule is CC/C=C\C/C=C\C/C=C\C/C=C\C/C=C\C/C=C\CCCCC(=O)OC(CO)COC(=O)CCCCCCCCCCCCCCCC/C=C\C/C=C\C/C=C\C/C=C\CC. The molecule has 5 nitrogen and oxygen atoms in total. The highest BCUT2D eigenvalue weighted by Gasteiger charge is 2.16. The van der Waals surface area contributed by atoms with Gasteiger partial charge in [0.05, 0.1) is 6.61 Å². The lowest BCUT2D eigenvalue weighted by Gasteiger charge is -2.15. The first-order chi connectivity index (χ1) is 30.6. The normalized spacial score (nSPS) is 13.3. The molecular formula is C57H92O5. The highest BCUT2D eigenvalue weighted by molar-refractivity contribution is 5.70. The third-order valence-corrected chi connectivity index (χ3v) is 10.3. The van der Waals surface area contributed by atoms with E-state index in [2.05, 4.69) is 135 Å². The van der Waals surface area contributed by atoms with Crippen molar-refractivity contribution in [2.24, 2.45) is 0 Å². The molecule has 0 saturated carbocycles. The Morgan fingerprint density at radius 2 is 0.645 bits per heavy atom. The molecule has 0 aromatic rings. The molecule has 0 saturated heterocycles. The minimum Gasteiger partial charge on any atom is -0.462 e. The van der Waals surface area contributed by atoms with Crippen molar-refractivity contribution >= 4 is 11.9 Å². The Morgan fingerprint density at radius 3 is 1.00 bits per heavy atom. The Hall–Kier alpha value is -3.70. The van der Waals surface area contributed by atoms with Gasteiger partial charge in [-0.2, -0.15) is 0 Å². The molecular weight excluding hydrogens is 765 g/mol. The predicted molar refractivity (Wildman–Crippen MR) is 269 cm³/mol. The average molecular weight is 857 g/mol. The topological polar surface area (TPSA) is 72.8 Å². The number of hydrogen-bond acceptors (Lipinski definition) is 5. The van der Waals surface area contributed by atoms with Gasteiger partial charge in [-0.05, 0) is 103 Å². The molecule has 1 unspecified atom stereocenters. The molecule has 0 aromatic heterocycles. The van der Waals surface area contributed by atoms with Crippen LogP contribution in [0.5, 0.6) is 0 Å². The van der Waals surface area contributed by atoms with Gasteiger partial charge in [0.25, 0.3) is 0 Å². The Balaban J connectivity index is 3.60. The van der Waals surface area contributed by atoms with Gasteiger partial charge >= 0.3 is 11.9 Å². The van der Waals surface area contributed by atoms with E-state index in [0.717, 1.165) is 103 Å². The maximum absolute atomic E-state index is 12.2. The number of aliphatic hydroxyl groups is 1. The first kappa shape index (κ1) is 58.3. The fourth-order valence-corrected chi connectivity index (χ4v) is 6.55. The molecule has 1 atom stereocenters. The standard InChI is InChI=1S/C57H92O5/c1-3-5-7-9-11-13-15-17-19-21-23-25-26-27-28-29-30-32-33-35-37-39-41-43-45-47-49-51-56(59)61-54-55(53-58)62-57(60)52-50-48-46-44-42-40-38-36-34-31-24-22-20-18-16-14-12-10-8-6-4-2/h5-8,11-14,17-20,23-25,31,36,38,42,44,55,58H,3-4,9-10,15-16,21-22,26-30,32-35,37,39-41,43,45-54H2,1-2H3/b7-5-,8-6-,13-11-,14-12-,19-17-,20-18-,25-23-,31-24-,38-36-,44-42-. The molecule has 0 aliphatic carbocycles. The highest BCUT2D eigenvalue weighted by atomic mass is 16.6. The monoisotopic (exact) mass is 857 g/mol. The molecule has 0 aliphatic rings. The number of aliphatic hydroxyl groups excluding tert-OH is 1. The summed E-state index contributed by atoms with van der Waals surface area (Å²) in [6.07, 6.45) is 75.7. The number of esters is 2. The summed E-state index contributed by atoms with van der Waals surface area (Å²) in [5.74, 6) is -0.649. The molecule has 0 spiro atoms. The summed E-state index contributed by atoms with van der Waals surface area (Å²) in [5, 5.41) is 9.62. The summed E-state index contributed by atoms with van der Waals surface area (Å²) in [7, 11) is 0. The third-order valence-electron chi connectivity index (χ3n) is 10.3. The fraction of sp³-hybridized carbons (Fsp3) is 0.614. The van der Waals surface area contributed by atoms with Crippen molar-refractivity contribution in [3.8, 4) is 0 Å². The quantitative estimate of drug-likeness (QED) is 0.0375. The average Bonchev–Trinajstić information content (AvgIpc) is 3.28. The van der Waals surface area contributed by atoms with E-state index >= 15 is 0 Å². The second kappa shape index (κ2) is 51.6. The molecule has 350 valence electrons. The zero-order valence-electron chi connectivity index (χ0n) is 39.8. The number of hydrogen-bond donors (Lipinski definition) is 1. The third kappa shape index (κ3) is 49.0. The zero-order valence-corrected chi connectivity index (χ0v) is 39.8. The van der Waals surface area contributed by atoms with Gasteiger partial charge in [-0.15, -0.1) is 0 Å². The largest absolute Gasteiger partial charge is 0.462 e. The van der Waals surface area contributed by atoms with Gasteiger partial charge in [0.1, 0.15) is 6.61 Å². The summed E-state index contributed by atoms with van der Waals surface area (Å²) in [6, 6.07) is 0. The minimum absolute atomic E-state index is 0.0910. The van der Waals surface area contributed by atoms with Crippen LogP contribution in [0.2, 0.25) is 0 Å². The molecule has 0 heterocycles. The maximum Gasteiger partial charge on any atom is 0.306 e. The van der Waals surface area contributed by atoms with E-state index in [4.69, 9.17) is 9.47 Å². The van der Waals surface area contributed by atoms with Crippen LogP contribution >= 0.6 is 0 Å². The first-order valence-electron chi connectivity index (χ1n) is 25.1. The van der Waals surface area contributed by atoms with Crippen LogP contribution in [-0.4, -0.2) is 36.4 Å². The van der Waals surface area contributed by atoms with Crippen molar-refractivity contribution in [2.75, 3.05) is 13.2 Å². The molecule has 0 fully saturated rings. The Bertz CT molecular complexity index is 1290. The van der Waals surface area contributed by atoms with Crippen LogP contribution < -0.4 is 0 Å². The Morgan fingerprint density at radius 1 is 0.371 bits per heavy atom. The molecule has 1 N–H and O–H groups in total. The molecule has 0 aromatic carbocycles. The minimum atomic E-state index is -0.804. The van der Waals surface area contributed by atoms with Crippen LogP contribution in [0.1, 0.15) is 206 Å². The number of ether oxygens (including phenoxy) is 2. The molecule has 0 aliphatic heterocycles. The van der Waals surface area contributed by atoms with E-state index in [1.165, 1.54) is 77.0 Å². The van der Waals surface area contributed by atoms with Crippen molar-refractivity contribution in [3.05, 3.63) is 122 Å². The number of carbonyl (C=O) groups is 2. The lowest BCUT2D eigenvalue weighted by Crippen LogP contribution is -2.28. The smallest absolute Gasteiger partial charge is 0.306 e. The second-order valence-corrected chi connectivity index (χ2v) is 16.1. The van der Waals surface area contributed by atoms with E-state index in [0.29, 0.717) is 12.8 Å². The first-order valence-corrected chi connectivity index (χ1v) is 25.1. The molecule has 0 rings (SSSR count). The van der Waals surface area contributed by atoms with Gasteiger partial charge in [0.2, 0.25) is 0 Å². The second-order valence-electron chi connectivity index (χ2n) is 16.1. The van der Waals surface area contributed by atoms with Crippen LogP contribution in [0.25, 0.3) is 0 Å². The number of carbonyl (C=O) groups excluding carboxylic acids is 2. The van der Waals surface area contributed by atoms with Crippen LogP contribution in [-0.2, 0) is 19.1 Å². The number of unbranched alkanes of at least 4 members (excludes halogenated alkanes) is 16. The summed E-state index contributed by atoms with van der Waals surface area (Å²) in [4.78, 5) is 24.4. The van der Waals surface area contributed by atoms with Crippen LogP contribution in [0, 0.1) is 0 Å². The summed E-state index contributed by atoms with van der Waals surface area (Å²) in [5.41, 5.74) is 0. The summed E-state index contributed by atoms with van der Waals surface area (Å²) >= 11 is 0. The van der Waals surface area contributed by atoms with Crippen molar-refractivity contribution in [2.45, 2.75) is 213 Å². The van der Waals surface area contributed by atoms with E-state index in [1.54, 1.807) is 0 Å². The summed E-state index contributed by atoms with van der Waals surface area (Å²) in [6.45, 7) is 3.87. The Kier molecular flexibility index (Phi) is 48.6. The van der Waals surface area contributed by atoms with Crippen molar-refractivity contribution in [1.29, 1.82) is 0 Å². The zero-order chi connectivity index (χ0) is 44.9. The van der Waals surface area contributed by atoms with E-state index in [-0.39, 0.29) is 25.2 Å². The van der Waals surface area contributed by atoms with E-state index < -0.39 is 6.10 Å². The highest BCUT2D eigenvalue weighted by Crippen LogP contribution is 2.14. The van der Waals surface area contributed by atoms with Crippen molar-refractivity contribution < 1.29 is 24.2 Å². The lowest BCUT2D eigenvalue weighted by atomic mass is 10.0. The molecule has 62 heavy (non-hydrogen) atoms. The molecule has 0 bridgehead atoms. The van der Waals surface area contributed by atoms with Crippen LogP contribution in [0.4, 0.5) is 0 Å². The molecule has 5 heteroatoms. The maximum atomic E-state index is 12.2. The van der Waals surface area contributed by atoms with Crippen LogP contribution in [0.3, 0.4) is 0 Å². The number of allylic oxidation sites excluding steroid dienone is 20. The van der Waals surface area contributed by atoms with Gasteiger partial charge in [0.15, 0.2) is 6.10 Å². The molecule has 0 amide bonds.